The van der Waals surface area contributed by atoms with E-state index in [1.165, 1.54) is 5.56 Å². The lowest BCUT2D eigenvalue weighted by molar-refractivity contribution is 1.22. The molecule has 0 radical (unpaired) electrons. The highest BCUT2D eigenvalue weighted by molar-refractivity contribution is 5.90. The first-order valence-corrected chi connectivity index (χ1v) is 6.56. The number of nitrogens with one attached hydrogen (secondary N) is 1. The third-order valence-corrected chi connectivity index (χ3v) is 3.08. The van der Waals surface area contributed by atoms with Crippen LogP contribution in [0.15, 0.2) is 60.9 Å². The maximum Gasteiger partial charge on any atom is 0.141 e. The van der Waals surface area contributed by atoms with Gasteiger partial charge in [0.05, 0.1) is 5.52 Å². The van der Waals surface area contributed by atoms with Crippen LogP contribution in [0.1, 0.15) is 12.5 Å². The summed E-state index contributed by atoms with van der Waals surface area (Å²) in [6.07, 6.45) is 5.68. The Morgan fingerprint density at radius 3 is 2.55 bits per heavy atom. The Balaban J connectivity index is 1.93. The van der Waals surface area contributed by atoms with Crippen LogP contribution in [0.3, 0.4) is 0 Å². The molecule has 1 heterocycles. The van der Waals surface area contributed by atoms with Crippen molar-refractivity contribution >= 4 is 28.5 Å². The maximum atomic E-state index is 4.32. The molecule has 1 aromatic heterocycles. The molecule has 3 nitrogen and oxygen atoms in total. The Hall–Kier alpha value is -2.68. The fourth-order valence-electron chi connectivity index (χ4n) is 2.11. The van der Waals surface area contributed by atoms with E-state index in [0.717, 1.165) is 22.4 Å². The molecule has 0 fully saturated rings. The molecule has 3 aromatic rings. The van der Waals surface area contributed by atoms with Crippen LogP contribution in [0.2, 0.25) is 0 Å². The summed E-state index contributed by atoms with van der Waals surface area (Å²) in [6, 6.07) is 16.2. The Kier molecular flexibility index (Phi) is 3.42. The van der Waals surface area contributed by atoms with Gasteiger partial charge in [0.25, 0.3) is 0 Å². The molecule has 0 aliphatic rings. The van der Waals surface area contributed by atoms with Crippen molar-refractivity contribution in [2.45, 2.75) is 6.92 Å². The first-order valence-electron chi connectivity index (χ1n) is 6.56. The smallest absolute Gasteiger partial charge is 0.141 e. The minimum atomic E-state index is 0.828. The molecule has 0 saturated heterocycles. The van der Waals surface area contributed by atoms with Crippen LogP contribution in [0.25, 0.3) is 17.0 Å². The average molecular weight is 261 g/mol. The molecule has 0 spiro atoms. The van der Waals surface area contributed by atoms with Crippen LogP contribution in [0.5, 0.6) is 0 Å². The number of aromatic nitrogens is 2. The van der Waals surface area contributed by atoms with Crippen molar-refractivity contribution in [3.05, 3.63) is 66.5 Å². The SMILES string of the molecule is CC=Cc1ccc(Nc2ncnc3ccccc23)cc1. The lowest BCUT2D eigenvalue weighted by atomic mass is 10.2. The zero-order valence-electron chi connectivity index (χ0n) is 11.2. The molecular formula is C17H15N3. The molecule has 2 aromatic carbocycles. The molecule has 98 valence electrons. The number of benzene rings is 2. The van der Waals surface area contributed by atoms with Gasteiger partial charge in [0, 0.05) is 11.1 Å². The van der Waals surface area contributed by atoms with Crippen molar-refractivity contribution in [3.63, 3.8) is 0 Å². The van der Waals surface area contributed by atoms with Gasteiger partial charge < -0.3 is 5.32 Å². The van der Waals surface area contributed by atoms with Crippen LogP contribution in [-0.2, 0) is 0 Å². The van der Waals surface area contributed by atoms with Crippen molar-refractivity contribution in [2.75, 3.05) is 5.32 Å². The zero-order chi connectivity index (χ0) is 13.8. The van der Waals surface area contributed by atoms with Gasteiger partial charge in [-0.2, -0.15) is 0 Å². The number of fused-ring (bicyclic) bond motifs is 1. The maximum absolute atomic E-state index is 4.32. The van der Waals surface area contributed by atoms with Gasteiger partial charge in [-0.15, -0.1) is 0 Å². The van der Waals surface area contributed by atoms with Crippen molar-refractivity contribution in [2.24, 2.45) is 0 Å². The first kappa shape index (κ1) is 12.4. The first-order chi connectivity index (χ1) is 9.86. The normalized spacial score (nSPS) is 11.1. The number of allylic oxidation sites excluding steroid dienone is 1. The number of rotatable bonds is 3. The molecule has 0 saturated carbocycles. The summed E-state index contributed by atoms with van der Waals surface area (Å²) in [5.41, 5.74) is 3.14. The van der Waals surface area contributed by atoms with Gasteiger partial charge in [-0.1, -0.05) is 36.4 Å². The highest BCUT2D eigenvalue weighted by atomic mass is 15.0. The molecular weight excluding hydrogens is 246 g/mol. The van der Waals surface area contributed by atoms with E-state index in [4.69, 9.17) is 0 Å². The largest absolute Gasteiger partial charge is 0.340 e. The van der Waals surface area contributed by atoms with Crippen molar-refractivity contribution in [3.8, 4) is 0 Å². The number of para-hydroxylation sites is 1. The van der Waals surface area contributed by atoms with Gasteiger partial charge in [0.1, 0.15) is 12.1 Å². The third kappa shape index (κ3) is 2.52. The Morgan fingerprint density at radius 2 is 1.75 bits per heavy atom. The van der Waals surface area contributed by atoms with Gasteiger partial charge in [-0.3, -0.25) is 0 Å². The quantitative estimate of drug-likeness (QED) is 0.759. The predicted molar refractivity (Wildman–Crippen MR) is 84.0 cm³/mol. The van der Waals surface area contributed by atoms with Crippen molar-refractivity contribution < 1.29 is 0 Å². The molecule has 20 heavy (non-hydrogen) atoms. The molecule has 0 aliphatic carbocycles. The van der Waals surface area contributed by atoms with Gasteiger partial charge >= 0.3 is 0 Å². The van der Waals surface area contributed by atoms with Crippen LogP contribution in [-0.4, -0.2) is 9.97 Å². The van der Waals surface area contributed by atoms with E-state index in [1.54, 1.807) is 6.33 Å². The van der Waals surface area contributed by atoms with Crippen LogP contribution in [0.4, 0.5) is 11.5 Å². The Morgan fingerprint density at radius 1 is 0.950 bits per heavy atom. The van der Waals surface area contributed by atoms with E-state index in [-0.39, 0.29) is 0 Å². The molecule has 0 bridgehead atoms. The summed E-state index contributed by atoms with van der Waals surface area (Å²) in [4.78, 5) is 8.59. The predicted octanol–water partition coefficient (Wildman–Crippen LogP) is 4.41. The highest BCUT2D eigenvalue weighted by Gasteiger charge is 2.02. The van der Waals surface area contributed by atoms with Crippen molar-refractivity contribution in [1.29, 1.82) is 0 Å². The van der Waals surface area contributed by atoms with E-state index >= 15 is 0 Å². The van der Waals surface area contributed by atoms with E-state index in [9.17, 15) is 0 Å². The summed E-state index contributed by atoms with van der Waals surface area (Å²) in [7, 11) is 0. The molecule has 0 atom stereocenters. The number of nitrogens with zero attached hydrogens (tertiary/aromatic N) is 2. The summed E-state index contributed by atoms with van der Waals surface area (Å²) >= 11 is 0. The summed E-state index contributed by atoms with van der Waals surface area (Å²) < 4.78 is 0. The van der Waals surface area contributed by atoms with E-state index < -0.39 is 0 Å². The minimum absolute atomic E-state index is 0.828. The van der Waals surface area contributed by atoms with E-state index in [2.05, 4.69) is 33.5 Å². The fourth-order valence-corrected chi connectivity index (χ4v) is 2.11. The third-order valence-electron chi connectivity index (χ3n) is 3.08. The lowest BCUT2D eigenvalue weighted by Gasteiger charge is -2.08. The summed E-state index contributed by atoms with van der Waals surface area (Å²) in [5.74, 6) is 0.828. The second-order valence-corrected chi connectivity index (χ2v) is 4.49. The standard InChI is InChI=1S/C17H15N3/c1-2-5-13-8-10-14(11-9-13)20-17-15-6-3-4-7-16(15)18-12-19-17/h2-12H,1H3,(H,18,19,20). The summed E-state index contributed by atoms with van der Waals surface area (Å²) in [6.45, 7) is 2.01. The molecule has 0 amide bonds. The fraction of sp³-hybridized carbons (Fsp3) is 0.0588. The van der Waals surface area contributed by atoms with Gasteiger partial charge in [0.15, 0.2) is 0 Å². The second-order valence-electron chi connectivity index (χ2n) is 4.49. The molecule has 0 aliphatic heterocycles. The van der Waals surface area contributed by atoms with Crippen LogP contribution in [0, 0.1) is 0 Å². The van der Waals surface area contributed by atoms with E-state index in [0.29, 0.717) is 0 Å². The number of hydrogen-bond donors (Lipinski definition) is 1. The van der Waals surface area contributed by atoms with Gasteiger partial charge in [-0.25, -0.2) is 9.97 Å². The Labute approximate surface area is 118 Å². The lowest BCUT2D eigenvalue weighted by Crippen LogP contribution is -1.95. The minimum Gasteiger partial charge on any atom is -0.340 e. The van der Waals surface area contributed by atoms with E-state index in [1.807, 2.05) is 49.4 Å². The zero-order valence-corrected chi connectivity index (χ0v) is 11.2. The highest BCUT2D eigenvalue weighted by Crippen LogP contribution is 2.22. The van der Waals surface area contributed by atoms with Crippen LogP contribution >= 0.6 is 0 Å². The average Bonchev–Trinajstić information content (AvgIpc) is 2.50. The van der Waals surface area contributed by atoms with Crippen LogP contribution < -0.4 is 5.32 Å². The monoisotopic (exact) mass is 261 g/mol. The number of hydrogen-bond acceptors (Lipinski definition) is 3. The number of anilines is 2. The Bertz CT molecular complexity index is 740. The second kappa shape index (κ2) is 5.53. The summed E-state index contributed by atoms with van der Waals surface area (Å²) in [5, 5.41) is 4.36. The molecule has 0 unspecified atom stereocenters. The van der Waals surface area contributed by atoms with Gasteiger partial charge in [-0.05, 0) is 36.8 Å². The molecule has 3 rings (SSSR count). The molecule has 3 heteroatoms. The topological polar surface area (TPSA) is 37.8 Å². The molecule has 1 N–H and O–H groups in total. The van der Waals surface area contributed by atoms with Crippen molar-refractivity contribution in [1.82, 2.24) is 9.97 Å². The van der Waals surface area contributed by atoms with Gasteiger partial charge in [0.2, 0.25) is 0 Å².